The molecule has 1 aliphatic rings. The average molecular weight is 295 g/mol. The molecule has 21 heavy (non-hydrogen) atoms. The van der Waals surface area contributed by atoms with Gasteiger partial charge in [0, 0.05) is 25.0 Å². The van der Waals surface area contributed by atoms with Gasteiger partial charge >= 0.3 is 0 Å². The first-order valence-corrected chi connectivity index (χ1v) is 7.65. The van der Waals surface area contributed by atoms with Crippen molar-refractivity contribution >= 4 is 0 Å². The van der Waals surface area contributed by atoms with Crippen molar-refractivity contribution in [2.24, 2.45) is 5.92 Å². The van der Waals surface area contributed by atoms with E-state index in [4.69, 9.17) is 0 Å². The number of nitrogens with zero attached hydrogens (tertiary/aromatic N) is 3. The predicted octanol–water partition coefficient (Wildman–Crippen LogP) is 1.92. The number of halogens is 1. The average Bonchev–Trinajstić information content (AvgIpc) is 2.47. The van der Waals surface area contributed by atoms with Crippen molar-refractivity contribution in [1.29, 1.82) is 0 Å². The Bertz CT molecular complexity index is 440. The molecule has 3 atom stereocenters. The van der Waals surface area contributed by atoms with Gasteiger partial charge in [-0.1, -0.05) is 6.92 Å². The van der Waals surface area contributed by atoms with E-state index < -0.39 is 6.10 Å². The lowest BCUT2D eigenvalue weighted by molar-refractivity contribution is 0.0636. The molecule has 0 aromatic carbocycles. The van der Waals surface area contributed by atoms with Crippen LogP contribution in [0, 0.1) is 11.7 Å². The molecular weight excluding hydrogens is 269 g/mol. The molecule has 0 saturated carbocycles. The van der Waals surface area contributed by atoms with Gasteiger partial charge in [0.05, 0.1) is 18.0 Å². The lowest BCUT2D eigenvalue weighted by Crippen LogP contribution is -2.46. The van der Waals surface area contributed by atoms with Crippen LogP contribution in [0.4, 0.5) is 4.39 Å². The molecule has 0 amide bonds. The molecule has 1 saturated heterocycles. The molecule has 1 N–H and O–H groups in total. The second kappa shape index (κ2) is 7.29. The van der Waals surface area contributed by atoms with E-state index in [0.29, 0.717) is 11.7 Å². The smallest absolute Gasteiger partial charge is 0.141 e. The van der Waals surface area contributed by atoms with Crippen LogP contribution in [-0.2, 0) is 0 Å². The summed E-state index contributed by atoms with van der Waals surface area (Å²) in [5.41, 5.74) is 0.540. The third-order valence-electron chi connectivity index (χ3n) is 4.39. The van der Waals surface area contributed by atoms with E-state index in [1.807, 2.05) is 6.92 Å². The maximum atomic E-state index is 12.9. The van der Waals surface area contributed by atoms with Crippen LogP contribution >= 0.6 is 0 Å². The van der Waals surface area contributed by atoms with Gasteiger partial charge in [-0.25, -0.2) is 4.39 Å². The summed E-state index contributed by atoms with van der Waals surface area (Å²) in [4.78, 5) is 8.66. The normalized spacial score (nSPS) is 23.2. The van der Waals surface area contributed by atoms with Gasteiger partial charge in [0.15, 0.2) is 0 Å². The fourth-order valence-electron chi connectivity index (χ4n) is 3.06. The number of aromatic nitrogens is 1. The lowest BCUT2D eigenvalue weighted by Gasteiger charge is -2.37. The Morgan fingerprint density at radius 1 is 1.52 bits per heavy atom. The highest BCUT2D eigenvalue weighted by molar-refractivity contribution is 5.09. The Balaban J connectivity index is 1.90. The van der Waals surface area contributed by atoms with Crippen molar-refractivity contribution < 1.29 is 9.50 Å². The van der Waals surface area contributed by atoms with E-state index in [1.54, 1.807) is 6.07 Å². The Morgan fingerprint density at radius 2 is 2.29 bits per heavy atom. The van der Waals surface area contributed by atoms with Crippen molar-refractivity contribution in [3.05, 3.63) is 29.8 Å². The third kappa shape index (κ3) is 4.46. The fraction of sp³-hybridized carbons (Fsp3) is 0.688. The maximum Gasteiger partial charge on any atom is 0.141 e. The highest BCUT2D eigenvalue weighted by Crippen LogP contribution is 2.22. The minimum Gasteiger partial charge on any atom is -0.386 e. The number of likely N-dealkylation sites (N-methyl/N-ethyl adjacent to an activating group) is 2. The van der Waals surface area contributed by atoms with Crippen molar-refractivity contribution in [2.75, 3.05) is 33.7 Å². The second-order valence-corrected chi connectivity index (χ2v) is 6.32. The van der Waals surface area contributed by atoms with Gasteiger partial charge in [-0.2, -0.15) is 0 Å². The molecule has 2 rings (SSSR count). The number of rotatable bonds is 5. The quantitative estimate of drug-likeness (QED) is 0.901. The summed E-state index contributed by atoms with van der Waals surface area (Å²) in [5, 5.41) is 10.4. The molecule has 4 nitrogen and oxygen atoms in total. The van der Waals surface area contributed by atoms with Crippen LogP contribution in [0.1, 0.15) is 31.6 Å². The van der Waals surface area contributed by atoms with Gasteiger partial charge in [-0.05, 0) is 45.6 Å². The van der Waals surface area contributed by atoms with Crippen LogP contribution in [-0.4, -0.2) is 59.7 Å². The maximum absolute atomic E-state index is 12.9. The molecule has 1 aliphatic heterocycles. The molecule has 0 spiro atoms. The summed E-state index contributed by atoms with van der Waals surface area (Å²) in [6, 6.07) is 3.45. The summed E-state index contributed by atoms with van der Waals surface area (Å²) in [7, 11) is 4.27. The Morgan fingerprint density at radius 3 is 2.90 bits per heavy atom. The van der Waals surface area contributed by atoms with E-state index in [9.17, 15) is 9.50 Å². The van der Waals surface area contributed by atoms with E-state index >= 15 is 0 Å². The van der Waals surface area contributed by atoms with Crippen molar-refractivity contribution in [3.8, 4) is 0 Å². The number of piperidine rings is 1. The zero-order chi connectivity index (χ0) is 15.4. The SMILES string of the molecule is CC(CN(C)C1CCCN(C)C1)C(O)c1ccc(F)cn1. The molecule has 1 aromatic heterocycles. The van der Waals surface area contributed by atoms with Crippen LogP contribution in [0.5, 0.6) is 0 Å². The summed E-state index contributed by atoms with van der Waals surface area (Å²) in [5.74, 6) is -0.318. The van der Waals surface area contributed by atoms with E-state index in [-0.39, 0.29) is 11.7 Å². The lowest BCUT2D eigenvalue weighted by atomic mass is 9.98. The Hall–Kier alpha value is -1.04. The second-order valence-electron chi connectivity index (χ2n) is 6.32. The van der Waals surface area contributed by atoms with Crippen molar-refractivity contribution in [1.82, 2.24) is 14.8 Å². The number of aliphatic hydroxyl groups is 1. The standard InChI is InChI=1S/C16H26FN3O/c1-12(16(21)15-7-6-13(17)9-18-15)10-20(3)14-5-4-8-19(2)11-14/h6-7,9,12,14,16,21H,4-5,8,10-11H2,1-3H3. The summed E-state index contributed by atoms with van der Waals surface area (Å²) in [6.45, 7) is 5.06. The number of hydrogen-bond donors (Lipinski definition) is 1. The number of likely N-dealkylation sites (tertiary alicyclic amines) is 1. The molecule has 0 radical (unpaired) electrons. The van der Waals surface area contributed by atoms with Crippen LogP contribution in [0.15, 0.2) is 18.3 Å². The fourth-order valence-corrected chi connectivity index (χ4v) is 3.06. The van der Waals surface area contributed by atoms with Crippen molar-refractivity contribution in [2.45, 2.75) is 31.9 Å². The van der Waals surface area contributed by atoms with Gasteiger partial charge < -0.3 is 14.9 Å². The highest BCUT2D eigenvalue weighted by atomic mass is 19.1. The first kappa shape index (κ1) is 16.3. The van der Waals surface area contributed by atoms with Gasteiger partial charge in [-0.3, -0.25) is 4.98 Å². The molecule has 0 bridgehead atoms. The summed E-state index contributed by atoms with van der Waals surface area (Å²) >= 11 is 0. The van der Waals surface area contributed by atoms with Crippen LogP contribution < -0.4 is 0 Å². The molecule has 1 fully saturated rings. The zero-order valence-corrected chi connectivity index (χ0v) is 13.2. The molecule has 3 unspecified atom stereocenters. The van der Waals surface area contributed by atoms with Gasteiger partial charge in [0.1, 0.15) is 5.82 Å². The van der Waals surface area contributed by atoms with E-state index in [0.717, 1.165) is 19.3 Å². The predicted molar refractivity (Wildman–Crippen MR) is 81.5 cm³/mol. The molecule has 0 aliphatic carbocycles. The topological polar surface area (TPSA) is 39.6 Å². The van der Waals surface area contributed by atoms with Gasteiger partial charge in [0.25, 0.3) is 0 Å². The highest BCUT2D eigenvalue weighted by Gasteiger charge is 2.25. The van der Waals surface area contributed by atoms with Crippen LogP contribution in [0.2, 0.25) is 0 Å². The summed E-state index contributed by atoms with van der Waals surface area (Å²) < 4.78 is 12.9. The third-order valence-corrected chi connectivity index (χ3v) is 4.39. The van der Waals surface area contributed by atoms with Crippen LogP contribution in [0.3, 0.4) is 0 Å². The summed E-state index contributed by atoms with van der Waals surface area (Å²) in [6.07, 6.45) is 2.93. The number of pyridine rings is 1. The number of hydrogen-bond acceptors (Lipinski definition) is 4. The van der Waals surface area contributed by atoms with Crippen molar-refractivity contribution in [3.63, 3.8) is 0 Å². The van der Waals surface area contributed by atoms with Gasteiger partial charge in [-0.15, -0.1) is 0 Å². The Kier molecular flexibility index (Phi) is 5.67. The molecule has 1 aromatic rings. The Labute approximate surface area is 126 Å². The van der Waals surface area contributed by atoms with Gasteiger partial charge in [0.2, 0.25) is 0 Å². The molecule has 118 valence electrons. The zero-order valence-electron chi connectivity index (χ0n) is 13.2. The molecular formula is C16H26FN3O. The first-order valence-electron chi connectivity index (χ1n) is 7.65. The van der Waals surface area contributed by atoms with E-state index in [1.165, 1.54) is 25.5 Å². The molecule has 5 heteroatoms. The largest absolute Gasteiger partial charge is 0.386 e. The van der Waals surface area contributed by atoms with E-state index in [2.05, 4.69) is 28.9 Å². The van der Waals surface area contributed by atoms with Crippen LogP contribution in [0.25, 0.3) is 0 Å². The minimum atomic E-state index is -0.658. The molecule has 2 heterocycles. The first-order chi connectivity index (χ1) is 9.97. The number of aliphatic hydroxyl groups excluding tert-OH is 1. The minimum absolute atomic E-state index is 0.0557. The monoisotopic (exact) mass is 295 g/mol.